The van der Waals surface area contributed by atoms with Crippen molar-refractivity contribution in [2.75, 3.05) is 0 Å². The summed E-state index contributed by atoms with van der Waals surface area (Å²) >= 11 is 0. The van der Waals surface area contributed by atoms with Gasteiger partial charge in [0.1, 0.15) is 6.07 Å². The summed E-state index contributed by atoms with van der Waals surface area (Å²) in [6.45, 7) is 10.6. The van der Waals surface area contributed by atoms with Gasteiger partial charge in [-0.1, -0.05) is 20.8 Å². The first kappa shape index (κ1) is 21.5. The molecule has 0 bridgehead atoms. The van der Waals surface area contributed by atoms with Gasteiger partial charge in [0.05, 0.1) is 17.4 Å². The highest BCUT2D eigenvalue weighted by Gasteiger charge is 2.61. The number of rotatable bonds is 3. The average Bonchev–Trinajstić information content (AvgIpc) is 3.31. The summed E-state index contributed by atoms with van der Waals surface area (Å²) in [7, 11) is 0. The number of hydrogen-bond donors (Lipinski definition) is 1. The lowest BCUT2D eigenvalue weighted by atomic mass is 9.43. The van der Waals surface area contributed by atoms with Gasteiger partial charge in [-0.25, -0.2) is 0 Å². The summed E-state index contributed by atoms with van der Waals surface area (Å²) in [6.07, 6.45) is 15.0. The standard InChI is InChI=1S/C27H41N3O/c1-18(16-30-17-19(14-28)15-29-30)22-7-8-23-21-6-5-20-13-25(2,31)11-12-26(20,3)24(21)9-10-27(22,23)4/h15,17-18,20-24,31H,5-13,16H2,1-4H3/t18?,20-,21+,22-,23+,24+,25-,26+,27-/m1/s1. The van der Waals surface area contributed by atoms with Gasteiger partial charge in [0.15, 0.2) is 0 Å². The Labute approximate surface area is 188 Å². The highest BCUT2D eigenvalue weighted by molar-refractivity contribution is 5.21. The van der Waals surface area contributed by atoms with Crippen molar-refractivity contribution in [3.63, 3.8) is 0 Å². The molecule has 170 valence electrons. The van der Waals surface area contributed by atoms with Gasteiger partial charge in [-0.3, -0.25) is 4.68 Å². The molecule has 5 rings (SSSR count). The normalized spacial score (nSPS) is 47.7. The van der Waals surface area contributed by atoms with Crippen LogP contribution in [0.5, 0.6) is 0 Å². The van der Waals surface area contributed by atoms with E-state index in [0.29, 0.717) is 28.2 Å². The lowest BCUT2D eigenvalue weighted by Gasteiger charge is -2.62. The van der Waals surface area contributed by atoms with Crippen LogP contribution in [0.15, 0.2) is 12.4 Å². The monoisotopic (exact) mass is 423 g/mol. The molecular formula is C27H41N3O. The number of nitrogens with zero attached hydrogens (tertiary/aromatic N) is 3. The smallest absolute Gasteiger partial charge is 0.102 e. The van der Waals surface area contributed by atoms with E-state index in [2.05, 4.69) is 38.9 Å². The van der Waals surface area contributed by atoms with Crippen LogP contribution in [0.4, 0.5) is 0 Å². The summed E-state index contributed by atoms with van der Waals surface area (Å²) in [5.41, 5.74) is 1.12. The van der Waals surface area contributed by atoms with Crippen molar-refractivity contribution in [1.29, 1.82) is 5.26 Å². The zero-order chi connectivity index (χ0) is 22.0. The van der Waals surface area contributed by atoms with E-state index in [4.69, 9.17) is 5.26 Å². The van der Waals surface area contributed by atoms with Crippen LogP contribution in [-0.4, -0.2) is 20.5 Å². The molecule has 0 spiro atoms. The van der Waals surface area contributed by atoms with Gasteiger partial charge in [0.2, 0.25) is 0 Å². The van der Waals surface area contributed by atoms with E-state index in [1.807, 2.05) is 10.9 Å². The van der Waals surface area contributed by atoms with Crippen molar-refractivity contribution in [3.05, 3.63) is 18.0 Å². The SMILES string of the molecule is CC(Cn1cc(C#N)cn1)[C@H]1CC[C@H]2[C@@H]3CC[C@@H]4C[C@](C)(O)CC[C@]4(C)[C@H]3CC[C@]12C. The van der Waals surface area contributed by atoms with E-state index >= 15 is 0 Å². The van der Waals surface area contributed by atoms with Crippen LogP contribution >= 0.6 is 0 Å². The summed E-state index contributed by atoms with van der Waals surface area (Å²) in [6, 6.07) is 2.21. The minimum Gasteiger partial charge on any atom is -0.390 e. The lowest BCUT2D eigenvalue weighted by Crippen LogP contribution is -2.55. The Morgan fingerprint density at radius 3 is 2.61 bits per heavy atom. The Morgan fingerprint density at radius 1 is 1.10 bits per heavy atom. The van der Waals surface area contributed by atoms with E-state index in [1.54, 1.807) is 6.20 Å². The second-order valence-electron chi connectivity index (χ2n) is 12.6. The fourth-order valence-electron chi connectivity index (χ4n) is 9.35. The molecule has 4 aliphatic carbocycles. The molecule has 1 aromatic rings. The zero-order valence-electron chi connectivity index (χ0n) is 20.0. The van der Waals surface area contributed by atoms with Crippen molar-refractivity contribution in [3.8, 4) is 6.07 Å². The Bertz CT molecular complexity index is 868. The van der Waals surface area contributed by atoms with Gasteiger partial charge in [-0.15, -0.1) is 0 Å². The first-order chi connectivity index (χ1) is 14.7. The fourth-order valence-corrected chi connectivity index (χ4v) is 9.35. The Morgan fingerprint density at radius 2 is 1.87 bits per heavy atom. The third-order valence-electron chi connectivity index (χ3n) is 11.0. The minimum atomic E-state index is -0.438. The van der Waals surface area contributed by atoms with Gasteiger partial charge in [-0.05, 0) is 111 Å². The third kappa shape index (κ3) is 3.38. The number of nitriles is 1. The van der Waals surface area contributed by atoms with Gasteiger partial charge < -0.3 is 5.11 Å². The van der Waals surface area contributed by atoms with Crippen molar-refractivity contribution < 1.29 is 5.11 Å². The van der Waals surface area contributed by atoms with E-state index in [-0.39, 0.29) is 0 Å². The molecule has 0 amide bonds. The second-order valence-corrected chi connectivity index (χ2v) is 12.6. The average molecular weight is 424 g/mol. The van der Waals surface area contributed by atoms with Gasteiger partial charge in [-0.2, -0.15) is 10.4 Å². The van der Waals surface area contributed by atoms with Crippen LogP contribution in [0.3, 0.4) is 0 Å². The maximum atomic E-state index is 10.7. The van der Waals surface area contributed by atoms with Crippen LogP contribution in [0.25, 0.3) is 0 Å². The highest BCUT2D eigenvalue weighted by Crippen LogP contribution is 2.68. The Balaban J connectivity index is 1.33. The van der Waals surface area contributed by atoms with Gasteiger partial charge >= 0.3 is 0 Å². The van der Waals surface area contributed by atoms with Crippen LogP contribution in [-0.2, 0) is 6.54 Å². The van der Waals surface area contributed by atoms with Gasteiger partial charge in [0, 0.05) is 12.7 Å². The van der Waals surface area contributed by atoms with Crippen molar-refractivity contribution in [2.45, 2.75) is 97.6 Å². The van der Waals surface area contributed by atoms with E-state index in [9.17, 15) is 5.11 Å². The third-order valence-corrected chi connectivity index (χ3v) is 11.0. The largest absolute Gasteiger partial charge is 0.390 e. The van der Waals surface area contributed by atoms with E-state index in [1.165, 1.54) is 44.9 Å². The molecule has 1 aromatic heterocycles. The Hall–Kier alpha value is -1.34. The molecule has 0 saturated heterocycles. The Kier molecular flexibility index (Phi) is 5.09. The summed E-state index contributed by atoms with van der Waals surface area (Å²) in [5.74, 6) is 4.67. The molecule has 1 unspecified atom stereocenters. The quantitative estimate of drug-likeness (QED) is 0.668. The molecule has 1 heterocycles. The van der Waals surface area contributed by atoms with Crippen molar-refractivity contribution >= 4 is 0 Å². The molecular weight excluding hydrogens is 382 g/mol. The molecule has 9 atom stereocenters. The fraction of sp³-hybridized carbons (Fsp3) is 0.852. The topological polar surface area (TPSA) is 61.8 Å². The van der Waals surface area contributed by atoms with Crippen molar-refractivity contribution in [2.24, 2.45) is 46.3 Å². The zero-order valence-corrected chi connectivity index (χ0v) is 20.0. The molecule has 0 radical (unpaired) electrons. The number of aromatic nitrogens is 2. The van der Waals surface area contributed by atoms with Crippen LogP contribution in [0.2, 0.25) is 0 Å². The molecule has 4 saturated carbocycles. The highest BCUT2D eigenvalue weighted by atomic mass is 16.3. The molecule has 0 aliphatic heterocycles. The van der Waals surface area contributed by atoms with Gasteiger partial charge in [0.25, 0.3) is 0 Å². The molecule has 4 heteroatoms. The summed E-state index contributed by atoms with van der Waals surface area (Å²) in [4.78, 5) is 0. The summed E-state index contributed by atoms with van der Waals surface area (Å²) < 4.78 is 1.99. The molecule has 4 nitrogen and oxygen atoms in total. The number of aliphatic hydroxyl groups is 1. The van der Waals surface area contributed by atoms with Crippen molar-refractivity contribution in [1.82, 2.24) is 9.78 Å². The molecule has 0 aromatic carbocycles. The molecule has 31 heavy (non-hydrogen) atoms. The molecule has 4 aliphatic rings. The van der Waals surface area contributed by atoms with Crippen LogP contribution < -0.4 is 0 Å². The maximum Gasteiger partial charge on any atom is 0.102 e. The molecule has 4 fully saturated rings. The van der Waals surface area contributed by atoms with E-state index in [0.717, 1.165) is 43.1 Å². The predicted molar refractivity (Wildman–Crippen MR) is 122 cm³/mol. The minimum absolute atomic E-state index is 0.438. The van der Waals surface area contributed by atoms with Crippen LogP contribution in [0.1, 0.15) is 91.0 Å². The molecule has 1 N–H and O–H groups in total. The predicted octanol–water partition coefficient (Wildman–Crippen LogP) is 5.80. The maximum absolute atomic E-state index is 10.7. The van der Waals surface area contributed by atoms with E-state index < -0.39 is 5.60 Å². The number of hydrogen-bond acceptors (Lipinski definition) is 3. The lowest BCUT2D eigenvalue weighted by molar-refractivity contribution is -0.148. The second kappa shape index (κ2) is 7.34. The number of fused-ring (bicyclic) bond motifs is 5. The first-order valence-electron chi connectivity index (χ1n) is 12.8. The summed E-state index contributed by atoms with van der Waals surface area (Å²) in [5, 5.41) is 24.3. The first-order valence-corrected chi connectivity index (χ1v) is 12.8. The van der Waals surface area contributed by atoms with Crippen LogP contribution in [0, 0.1) is 57.7 Å².